The van der Waals surface area contributed by atoms with E-state index in [0.717, 1.165) is 11.8 Å². The van der Waals surface area contributed by atoms with Crippen molar-refractivity contribution in [2.75, 3.05) is 52.4 Å². The molecule has 2 atom stereocenters. The zero-order chi connectivity index (χ0) is 23.2. The minimum atomic E-state index is 0.282. The van der Waals surface area contributed by atoms with E-state index in [4.69, 9.17) is 0 Å². The van der Waals surface area contributed by atoms with Crippen LogP contribution in [-0.2, 0) is 0 Å². The molecule has 3 heterocycles. The number of fused-ring (bicyclic) bond motifs is 1. The monoisotopic (exact) mass is 434 g/mol. The molecule has 0 amide bonds. The normalized spacial score (nSPS) is 28.8. The van der Waals surface area contributed by atoms with Crippen molar-refractivity contribution < 1.29 is 0 Å². The van der Waals surface area contributed by atoms with Crippen molar-refractivity contribution in [3.8, 4) is 0 Å². The van der Waals surface area contributed by atoms with Crippen LogP contribution < -0.4 is 0 Å². The molecule has 4 nitrogen and oxygen atoms in total. The maximum atomic E-state index is 2.84. The van der Waals surface area contributed by atoms with E-state index in [-0.39, 0.29) is 5.54 Å². The largest absolute Gasteiger partial charge is 0.298 e. The van der Waals surface area contributed by atoms with Gasteiger partial charge in [0, 0.05) is 61.4 Å². The minimum absolute atomic E-state index is 0.282. The lowest BCUT2D eigenvalue weighted by Crippen LogP contribution is -2.50. The first-order valence-corrected chi connectivity index (χ1v) is 13.1. The summed E-state index contributed by atoms with van der Waals surface area (Å²) in [6, 6.07) is 0. The summed E-state index contributed by atoms with van der Waals surface area (Å²) in [5.74, 6) is 1.75. The molecular formula is C27H54N4. The van der Waals surface area contributed by atoms with Crippen molar-refractivity contribution >= 4 is 0 Å². The molecule has 0 spiro atoms. The van der Waals surface area contributed by atoms with Gasteiger partial charge in [-0.05, 0) is 113 Å². The lowest BCUT2D eigenvalue weighted by Gasteiger charge is -2.43. The first-order chi connectivity index (χ1) is 14.1. The van der Waals surface area contributed by atoms with Crippen molar-refractivity contribution in [1.29, 1.82) is 0 Å². The second-order valence-electron chi connectivity index (χ2n) is 14.1. The third kappa shape index (κ3) is 6.05. The molecule has 3 fully saturated rings. The predicted molar refractivity (Wildman–Crippen MR) is 135 cm³/mol. The van der Waals surface area contributed by atoms with Crippen LogP contribution in [0.3, 0.4) is 0 Å². The predicted octanol–water partition coefficient (Wildman–Crippen LogP) is 4.79. The third-order valence-electron chi connectivity index (χ3n) is 8.94. The first-order valence-electron chi connectivity index (χ1n) is 13.1. The average Bonchev–Trinajstić information content (AvgIpc) is 3.09. The van der Waals surface area contributed by atoms with Gasteiger partial charge in [-0.1, -0.05) is 0 Å². The van der Waals surface area contributed by atoms with Crippen LogP contribution in [0.25, 0.3) is 0 Å². The Labute approximate surface area is 194 Å². The van der Waals surface area contributed by atoms with Crippen molar-refractivity contribution in [2.45, 2.75) is 111 Å². The Kier molecular flexibility index (Phi) is 7.30. The molecular weight excluding hydrogens is 380 g/mol. The van der Waals surface area contributed by atoms with Crippen molar-refractivity contribution in [1.82, 2.24) is 19.6 Å². The van der Waals surface area contributed by atoms with Crippen LogP contribution in [0.5, 0.6) is 0 Å². The van der Waals surface area contributed by atoms with E-state index >= 15 is 0 Å². The Balaban J connectivity index is 1.52. The minimum Gasteiger partial charge on any atom is -0.298 e. The summed E-state index contributed by atoms with van der Waals surface area (Å²) in [5.41, 5.74) is 1.20. The molecule has 0 aromatic carbocycles. The van der Waals surface area contributed by atoms with Crippen molar-refractivity contribution in [3.05, 3.63) is 0 Å². The van der Waals surface area contributed by atoms with Gasteiger partial charge in [-0.25, -0.2) is 0 Å². The van der Waals surface area contributed by atoms with Gasteiger partial charge < -0.3 is 0 Å². The Morgan fingerprint density at radius 3 is 1.35 bits per heavy atom. The molecule has 0 radical (unpaired) electrons. The van der Waals surface area contributed by atoms with E-state index in [1.54, 1.807) is 0 Å². The molecule has 0 N–H and O–H groups in total. The fraction of sp³-hybridized carbons (Fsp3) is 1.00. The highest BCUT2D eigenvalue weighted by Crippen LogP contribution is 2.39. The molecule has 182 valence electrons. The van der Waals surface area contributed by atoms with E-state index in [9.17, 15) is 0 Å². The number of hydrogen-bond donors (Lipinski definition) is 0. The van der Waals surface area contributed by atoms with Crippen LogP contribution in [0.1, 0.15) is 88.5 Å². The third-order valence-corrected chi connectivity index (χ3v) is 8.94. The Morgan fingerprint density at radius 2 is 0.871 bits per heavy atom. The highest BCUT2D eigenvalue weighted by molar-refractivity contribution is 5.00. The van der Waals surface area contributed by atoms with E-state index in [1.165, 1.54) is 71.6 Å². The summed E-state index contributed by atoms with van der Waals surface area (Å²) in [5, 5.41) is 0. The number of hydrogen-bond acceptors (Lipinski definition) is 4. The SMILES string of the molecule is CC(C)(C)N1CCCN(C(C)(C)CCC(C)(C)N2CC3CN(C(C)(C)C)CC3C2)CC1. The van der Waals surface area contributed by atoms with E-state index in [0.29, 0.717) is 16.6 Å². The summed E-state index contributed by atoms with van der Waals surface area (Å²) in [7, 11) is 0. The molecule has 4 heteroatoms. The molecule has 0 bridgehead atoms. The van der Waals surface area contributed by atoms with E-state index in [2.05, 4.69) is 88.8 Å². The smallest absolute Gasteiger partial charge is 0.0154 e. The van der Waals surface area contributed by atoms with Gasteiger partial charge in [-0.15, -0.1) is 0 Å². The molecule has 31 heavy (non-hydrogen) atoms. The van der Waals surface area contributed by atoms with Crippen molar-refractivity contribution in [3.63, 3.8) is 0 Å². The van der Waals surface area contributed by atoms with Crippen LogP contribution in [-0.4, -0.2) is 94.1 Å². The number of rotatable bonds is 5. The van der Waals surface area contributed by atoms with E-state index < -0.39 is 0 Å². The second kappa shape index (κ2) is 8.89. The topological polar surface area (TPSA) is 13.0 Å². The highest BCUT2D eigenvalue weighted by atomic mass is 15.3. The molecule has 0 aromatic rings. The second-order valence-corrected chi connectivity index (χ2v) is 14.1. The number of likely N-dealkylation sites (tertiary alicyclic amines) is 2. The molecule has 0 saturated carbocycles. The summed E-state index contributed by atoms with van der Waals surface area (Å²) >= 11 is 0. The molecule has 0 aliphatic carbocycles. The summed E-state index contributed by atoms with van der Waals surface area (Å²) in [6.07, 6.45) is 3.88. The summed E-state index contributed by atoms with van der Waals surface area (Å²) in [4.78, 5) is 11.0. The summed E-state index contributed by atoms with van der Waals surface area (Å²) in [6.45, 7) is 34.3. The Hall–Kier alpha value is -0.160. The van der Waals surface area contributed by atoms with Gasteiger partial charge in [0.05, 0.1) is 0 Å². The lowest BCUT2D eigenvalue weighted by atomic mass is 9.87. The standard InChI is InChI=1S/C27H54N4/c1-24(2,3)28-14-11-15-29(17-16-28)26(7,8)12-13-27(9,10)31-20-22-18-30(25(4,5)6)19-23(22)21-31/h22-23H,11-21H2,1-10H3. The van der Waals surface area contributed by atoms with Crippen LogP contribution >= 0.6 is 0 Å². The molecule has 2 unspecified atom stereocenters. The fourth-order valence-corrected chi connectivity index (χ4v) is 6.16. The van der Waals surface area contributed by atoms with Gasteiger partial charge in [0.2, 0.25) is 0 Å². The molecule has 3 aliphatic heterocycles. The summed E-state index contributed by atoms with van der Waals surface area (Å²) < 4.78 is 0. The van der Waals surface area contributed by atoms with Gasteiger partial charge in [0.1, 0.15) is 0 Å². The van der Waals surface area contributed by atoms with Gasteiger partial charge in [0.25, 0.3) is 0 Å². The Morgan fingerprint density at radius 1 is 0.484 bits per heavy atom. The van der Waals surface area contributed by atoms with Gasteiger partial charge in [0.15, 0.2) is 0 Å². The van der Waals surface area contributed by atoms with Gasteiger partial charge in [-0.3, -0.25) is 19.6 Å². The van der Waals surface area contributed by atoms with Gasteiger partial charge >= 0.3 is 0 Å². The molecule has 0 aromatic heterocycles. The van der Waals surface area contributed by atoms with Crippen LogP contribution in [0, 0.1) is 11.8 Å². The highest BCUT2D eigenvalue weighted by Gasteiger charge is 2.46. The quantitative estimate of drug-likeness (QED) is 0.616. The Bertz CT molecular complexity index is 583. The molecule has 3 saturated heterocycles. The fourth-order valence-electron chi connectivity index (χ4n) is 6.16. The van der Waals surface area contributed by atoms with E-state index in [1.807, 2.05) is 0 Å². The van der Waals surface area contributed by atoms with Crippen molar-refractivity contribution in [2.24, 2.45) is 11.8 Å². The zero-order valence-electron chi connectivity index (χ0n) is 22.7. The van der Waals surface area contributed by atoms with Crippen LogP contribution in [0.2, 0.25) is 0 Å². The first kappa shape index (κ1) is 25.5. The molecule has 3 rings (SSSR count). The van der Waals surface area contributed by atoms with Crippen LogP contribution in [0.15, 0.2) is 0 Å². The maximum Gasteiger partial charge on any atom is 0.0154 e. The lowest BCUT2D eigenvalue weighted by molar-refractivity contribution is 0.0651. The average molecular weight is 435 g/mol. The maximum absolute atomic E-state index is 2.84. The van der Waals surface area contributed by atoms with Crippen LogP contribution in [0.4, 0.5) is 0 Å². The number of nitrogens with zero attached hydrogens (tertiary/aromatic N) is 4. The zero-order valence-corrected chi connectivity index (χ0v) is 22.7. The molecule has 3 aliphatic rings. The van der Waals surface area contributed by atoms with Gasteiger partial charge in [-0.2, -0.15) is 0 Å².